The SMILES string of the molecule is NCCCCC(N)C(=O)NC(CC(N)=O)C(=O)NC(CCCN=C(N)N)C(=O)NCC(=O)O. The molecule has 0 fully saturated rings. The van der Waals surface area contributed by atoms with Crippen molar-refractivity contribution in [2.24, 2.45) is 33.7 Å². The molecular weight excluding hydrogens is 438 g/mol. The molecule has 15 heteroatoms. The molecule has 14 N–H and O–H groups in total. The largest absolute Gasteiger partial charge is 0.480 e. The predicted molar refractivity (Wildman–Crippen MR) is 119 cm³/mol. The first-order valence-electron chi connectivity index (χ1n) is 10.4. The van der Waals surface area contributed by atoms with Gasteiger partial charge in [0, 0.05) is 6.54 Å². The first-order valence-corrected chi connectivity index (χ1v) is 10.4. The van der Waals surface area contributed by atoms with E-state index in [1.165, 1.54) is 0 Å². The quantitative estimate of drug-likeness (QED) is 0.0554. The minimum Gasteiger partial charge on any atom is -0.480 e. The molecule has 0 radical (unpaired) electrons. The Morgan fingerprint density at radius 3 is 2.03 bits per heavy atom. The van der Waals surface area contributed by atoms with Crippen LogP contribution in [0.1, 0.15) is 38.5 Å². The van der Waals surface area contributed by atoms with Crippen LogP contribution < -0.4 is 44.6 Å². The molecule has 4 amide bonds. The first kappa shape index (κ1) is 29.5. The molecule has 0 rings (SSSR count). The van der Waals surface area contributed by atoms with E-state index in [1.807, 2.05) is 0 Å². The molecule has 0 aliphatic carbocycles. The maximum Gasteiger partial charge on any atom is 0.322 e. The van der Waals surface area contributed by atoms with E-state index in [2.05, 4.69) is 20.9 Å². The number of nitrogens with one attached hydrogen (secondary N) is 3. The van der Waals surface area contributed by atoms with Gasteiger partial charge in [0.05, 0.1) is 12.5 Å². The summed E-state index contributed by atoms with van der Waals surface area (Å²) in [5, 5.41) is 15.7. The molecule has 0 aliphatic heterocycles. The van der Waals surface area contributed by atoms with Gasteiger partial charge in [0.15, 0.2) is 5.96 Å². The predicted octanol–water partition coefficient (Wildman–Crippen LogP) is -4.46. The van der Waals surface area contributed by atoms with Crippen molar-refractivity contribution < 1.29 is 29.1 Å². The van der Waals surface area contributed by atoms with Crippen LogP contribution in [-0.4, -0.2) is 78.4 Å². The van der Waals surface area contributed by atoms with E-state index in [-0.39, 0.29) is 25.3 Å². The van der Waals surface area contributed by atoms with E-state index in [4.69, 9.17) is 33.8 Å². The van der Waals surface area contributed by atoms with Gasteiger partial charge >= 0.3 is 5.97 Å². The van der Waals surface area contributed by atoms with E-state index in [0.717, 1.165) is 0 Å². The summed E-state index contributed by atoms with van der Waals surface area (Å²) in [5.41, 5.74) is 26.9. The number of aliphatic carboxylic acids is 1. The number of rotatable bonds is 17. The van der Waals surface area contributed by atoms with Crippen molar-refractivity contribution in [2.75, 3.05) is 19.6 Å². The fraction of sp³-hybridized carbons (Fsp3) is 0.667. The highest BCUT2D eigenvalue weighted by atomic mass is 16.4. The number of amides is 4. The minimum atomic E-state index is -1.39. The van der Waals surface area contributed by atoms with Crippen LogP contribution in [0.2, 0.25) is 0 Å². The molecule has 33 heavy (non-hydrogen) atoms. The van der Waals surface area contributed by atoms with Gasteiger partial charge in [-0.05, 0) is 32.2 Å². The standard InChI is InChI=1S/C18H35N9O6/c19-6-2-1-4-10(20)15(31)27-12(8-13(21)28)17(33)26-11(5-3-7-24-18(22)23)16(32)25-9-14(29)30/h10-12H,1-9,19-20H2,(H2,21,28)(H,25,32)(H,26,33)(H,27,31)(H,29,30)(H4,22,23,24). The Hall–Kier alpha value is -3.46. The van der Waals surface area contributed by atoms with Crippen LogP contribution in [0.4, 0.5) is 0 Å². The second-order valence-corrected chi connectivity index (χ2v) is 7.24. The molecule has 0 saturated carbocycles. The summed E-state index contributed by atoms with van der Waals surface area (Å²) in [6.45, 7) is -0.0756. The molecule has 0 bridgehead atoms. The van der Waals surface area contributed by atoms with Crippen LogP contribution in [0, 0.1) is 0 Å². The number of nitrogens with two attached hydrogens (primary N) is 5. The van der Waals surface area contributed by atoms with Crippen molar-refractivity contribution in [3.63, 3.8) is 0 Å². The van der Waals surface area contributed by atoms with E-state index in [1.54, 1.807) is 0 Å². The summed E-state index contributed by atoms with van der Waals surface area (Å²) in [4.78, 5) is 63.3. The summed E-state index contributed by atoms with van der Waals surface area (Å²) in [6.07, 6.45) is 1.36. The molecule has 3 unspecified atom stereocenters. The molecular formula is C18H35N9O6. The number of unbranched alkanes of at least 4 members (excludes halogenated alkanes) is 1. The maximum absolute atomic E-state index is 12.7. The van der Waals surface area contributed by atoms with Gasteiger partial charge < -0.3 is 49.7 Å². The molecule has 0 aromatic rings. The summed E-state index contributed by atoms with van der Waals surface area (Å²) in [6, 6.07) is -3.51. The Bertz CT molecular complexity index is 712. The highest BCUT2D eigenvalue weighted by molar-refractivity contribution is 5.95. The van der Waals surface area contributed by atoms with Crippen molar-refractivity contribution in [3.05, 3.63) is 0 Å². The van der Waals surface area contributed by atoms with Gasteiger partial charge in [-0.15, -0.1) is 0 Å². The van der Waals surface area contributed by atoms with Gasteiger partial charge in [-0.2, -0.15) is 0 Å². The lowest BCUT2D eigenvalue weighted by Crippen LogP contribution is -2.56. The molecule has 0 saturated heterocycles. The highest BCUT2D eigenvalue weighted by Gasteiger charge is 2.29. The van der Waals surface area contributed by atoms with Crippen molar-refractivity contribution >= 4 is 35.6 Å². The van der Waals surface area contributed by atoms with Crippen molar-refractivity contribution in [1.29, 1.82) is 0 Å². The van der Waals surface area contributed by atoms with Crippen LogP contribution in [0.5, 0.6) is 0 Å². The lowest BCUT2D eigenvalue weighted by Gasteiger charge is -2.23. The average Bonchev–Trinajstić information content (AvgIpc) is 2.72. The zero-order chi connectivity index (χ0) is 25.4. The highest BCUT2D eigenvalue weighted by Crippen LogP contribution is 2.03. The van der Waals surface area contributed by atoms with Gasteiger partial charge in [-0.25, -0.2) is 0 Å². The number of hydrogen-bond donors (Lipinski definition) is 9. The monoisotopic (exact) mass is 473 g/mol. The summed E-state index contributed by atoms with van der Waals surface area (Å²) < 4.78 is 0. The number of aliphatic imine (C=N–C) groups is 1. The number of guanidine groups is 1. The Balaban J connectivity index is 5.27. The molecule has 188 valence electrons. The Morgan fingerprint density at radius 1 is 0.848 bits per heavy atom. The average molecular weight is 474 g/mol. The third-order valence-corrected chi connectivity index (χ3v) is 4.34. The fourth-order valence-electron chi connectivity index (χ4n) is 2.66. The second-order valence-electron chi connectivity index (χ2n) is 7.24. The number of primary amides is 1. The maximum atomic E-state index is 12.7. The molecule has 0 aromatic heterocycles. The number of carboxylic acids is 1. The number of hydrogen-bond acceptors (Lipinski definition) is 8. The molecule has 0 heterocycles. The van der Waals surface area contributed by atoms with Gasteiger partial charge in [0.25, 0.3) is 0 Å². The Morgan fingerprint density at radius 2 is 1.48 bits per heavy atom. The zero-order valence-corrected chi connectivity index (χ0v) is 18.4. The molecule has 0 aromatic carbocycles. The van der Waals surface area contributed by atoms with Crippen LogP contribution in [0.15, 0.2) is 4.99 Å². The van der Waals surface area contributed by atoms with Crippen molar-refractivity contribution in [3.8, 4) is 0 Å². The number of nitrogens with zero attached hydrogens (tertiary/aromatic N) is 1. The first-order chi connectivity index (χ1) is 15.5. The lowest BCUT2D eigenvalue weighted by molar-refractivity contribution is -0.138. The van der Waals surface area contributed by atoms with Crippen LogP contribution in [0.25, 0.3) is 0 Å². The lowest BCUT2D eigenvalue weighted by atomic mass is 10.1. The number of carboxylic acid groups (broad SMARTS) is 1. The van der Waals surface area contributed by atoms with E-state index in [0.29, 0.717) is 25.8 Å². The molecule has 0 spiro atoms. The number of carbonyl (C=O) groups is 5. The van der Waals surface area contributed by atoms with Gasteiger partial charge in [0.2, 0.25) is 23.6 Å². The van der Waals surface area contributed by atoms with Crippen molar-refractivity contribution in [2.45, 2.75) is 56.7 Å². The van der Waals surface area contributed by atoms with Crippen LogP contribution >= 0.6 is 0 Å². The third-order valence-electron chi connectivity index (χ3n) is 4.34. The van der Waals surface area contributed by atoms with E-state index >= 15 is 0 Å². The van der Waals surface area contributed by atoms with Gasteiger partial charge in [-0.1, -0.05) is 6.42 Å². The van der Waals surface area contributed by atoms with Gasteiger partial charge in [-0.3, -0.25) is 29.0 Å². The van der Waals surface area contributed by atoms with Crippen LogP contribution in [0.3, 0.4) is 0 Å². The smallest absolute Gasteiger partial charge is 0.322 e. The summed E-state index contributed by atoms with van der Waals surface area (Å²) >= 11 is 0. The summed E-state index contributed by atoms with van der Waals surface area (Å²) in [7, 11) is 0. The minimum absolute atomic E-state index is 0.0454. The van der Waals surface area contributed by atoms with E-state index in [9.17, 15) is 24.0 Å². The Labute approximate surface area is 191 Å². The van der Waals surface area contributed by atoms with Gasteiger partial charge in [0.1, 0.15) is 18.6 Å². The molecule has 3 atom stereocenters. The second kappa shape index (κ2) is 16.2. The summed E-state index contributed by atoms with van der Waals surface area (Å²) in [5.74, 6) is -4.62. The molecule has 15 nitrogen and oxygen atoms in total. The number of carbonyl (C=O) groups excluding carboxylic acids is 4. The Kier molecular flexibility index (Phi) is 14.5. The van der Waals surface area contributed by atoms with Crippen LogP contribution in [-0.2, 0) is 24.0 Å². The van der Waals surface area contributed by atoms with E-state index < -0.39 is 60.7 Å². The topological polar surface area (TPSA) is 284 Å². The molecule has 0 aliphatic rings. The zero-order valence-electron chi connectivity index (χ0n) is 18.4. The van der Waals surface area contributed by atoms with Crippen molar-refractivity contribution in [1.82, 2.24) is 16.0 Å². The third kappa shape index (κ3) is 14.3. The normalized spacial score (nSPS) is 13.2. The fourth-order valence-corrected chi connectivity index (χ4v) is 2.66.